The van der Waals surface area contributed by atoms with Crippen molar-refractivity contribution in [3.05, 3.63) is 52.5 Å². The van der Waals surface area contributed by atoms with Crippen LogP contribution in [0.4, 0.5) is 5.69 Å². The number of ether oxygens (including phenoxy) is 3. The Hall–Kier alpha value is -3.06. The molecule has 0 bridgehead atoms. The zero-order valence-corrected chi connectivity index (χ0v) is 17.3. The molecule has 0 aromatic heterocycles. The van der Waals surface area contributed by atoms with Crippen LogP contribution in [0, 0.1) is 6.92 Å². The highest BCUT2D eigenvalue weighted by molar-refractivity contribution is 6.31. The third-order valence-corrected chi connectivity index (χ3v) is 4.42. The number of benzene rings is 2. The predicted molar refractivity (Wildman–Crippen MR) is 109 cm³/mol. The van der Waals surface area contributed by atoms with Crippen LogP contribution in [-0.4, -0.2) is 37.5 Å². The lowest BCUT2D eigenvalue weighted by Crippen LogP contribution is -2.31. The average molecular weight is 420 g/mol. The Morgan fingerprint density at radius 3 is 2.55 bits per heavy atom. The van der Waals surface area contributed by atoms with Crippen LogP contribution in [0.25, 0.3) is 0 Å². The minimum atomic E-state index is -1.06. The Bertz CT molecular complexity index is 927. The smallest absolute Gasteiger partial charge is 0.344 e. The molecule has 7 nitrogen and oxygen atoms in total. The quantitative estimate of drug-likeness (QED) is 0.516. The van der Waals surface area contributed by atoms with E-state index in [2.05, 4.69) is 5.32 Å². The van der Waals surface area contributed by atoms with Gasteiger partial charge >= 0.3 is 5.97 Å². The first-order chi connectivity index (χ1) is 13.7. The third-order valence-electron chi connectivity index (χ3n) is 4.01. The highest BCUT2D eigenvalue weighted by Gasteiger charge is 2.20. The van der Waals surface area contributed by atoms with Gasteiger partial charge in [-0.1, -0.05) is 23.7 Å². The maximum Gasteiger partial charge on any atom is 0.344 e. The van der Waals surface area contributed by atoms with Crippen molar-refractivity contribution >= 4 is 34.9 Å². The van der Waals surface area contributed by atoms with Crippen molar-refractivity contribution in [2.45, 2.75) is 26.9 Å². The van der Waals surface area contributed by atoms with Gasteiger partial charge < -0.3 is 19.5 Å². The lowest BCUT2D eigenvalue weighted by Gasteiger charge is -2.16. The molecule has 8 heteroatoms. The normalized spacial score (nSPS) is 11.3. The summed E-state index contributed by atoms with van der Waals surface area (Å²) in [6, 6.07) is 9.69. The van der Waals surface area contributed by atoms with Gasteiger partial charge in [0.05, 0.1) is 12.8 Å². The number of esters is 1. The molecule has 154 valence electrons. The molecular formula is C21H22ClNO6. The van der Waals surface area contributed by atoms with Gasteiger partial charge in [0.2, 0.25) is 0 Å². The van der Waals surface area contributed by atoms with Crippen LogP contribution in [0.1, 0.15) is 29.8 Å². The van der Waals surface area contributed by atoms with Gasteiger partial charge in [0.25, 0.3) is 5.91 Å². The van der Waals surface area contributed by atoms with E-state index in [0.29, 0.717) is 27.8 Å². The Kier molecular flexibility index (Phi) is 7.61. The summed E-state index contributed by atoms with van der Waals surface area (Å²) in [5.74, 6) is -0.623. The van der Waals surface area contributed by atoms with Crippen molar-refractivity contribution in [2.24, 2.45) is 0 Å². The van der Waals surface area contributed by atoms with Gasteiger partial charge in [-0.2, -0.15) is 0 Å². The second kappa shape index (κ2) is 9.93. The SMILES string of the molecule is COc1cc(Cl)c(C)cc1NC(=O)[C@H](C)OC(=O)COc1cccc(C(C)=O)c1. The number of ketones is 1. The van der Waals surface area contributed by atoms with E-state index < -0.39 is 24.6 Å². The van der Waals surface area contributed by atoms with E-state index in [4.69, 9.17) is 25.8 Å². The van der Waals surface area contributed by atoms with Crippen LogP contribution in [0.2, 0.25) is 5.02 Å². The molecule has 0 aliphatic rings. The van der Waals surface area contributed by atoms with Crippen LogP contribution in [0.3, 0.4) is 0 Å². The van der Waals surface area contributed by atoms with Gasteiger partial charge in [-0.3, -0.25) is 9.59 Å². The number of aryl methyl sites for hydroxylation is 1. The van der Waals surface area contributed by atoms with Gasteiger partial charge in [0.15, 0.2) is 18.5 Å². The molecule has 0 heterocycles. The molecule has 2 aromatic carbocycles. The molecule has 1 N–H and O–H groups in total. The molecule has 1 amide bonds. The zero-order valence-electron chi connectivity index (χ0n) is 16.6. The first kappa shape index (κ1) is 22.2. The van der Waals surface area contributed by atoms with Crippen LogP contribution in [0.5, 0.6) is 11.5 Å². The van der Waals surface area contributed by atoms with E-state index in [1.807, 2.05) is 0 Å². The molecule has 2 aromatic rings. The first-order valence-electron chi connectivity index (χ1n) is 8.79. The molecule has 0 saturated heterocycles. The summed E-state index contributed by atoms with van der Waals surface area (Å²) in [7, 11) is 1.46. The van der Waals surface area contributed by atoms with E-state index in [9.17, 15) is 14.4 Å². The molecule has 1 atom stereocenters. The van der Waals surface area contributed by atoms with Crippen molar-refractivity contribution in [3.8, 4) is 11.5 Å². The largest absolute Gasteiger partial charge is 0.495 e. The fourth-order valence-corrected chi connectivity index (χ4v) is 2.55. The maximum atomic E-state index is 12.4. The van der Waals surface area contributed by atoms with Gasteiger partial charge in [-0.05, 0) is 44.5 Å². The number of hydrogen-bond acceptors (Lipinski definition) is 6. The Balaban J connectivity index is 1.92. The van der Waals surface area contributed by atoms with Crippen LogP contribution in [-0.2, 0) is 14.3 Å². The minimum absolute atomic E-state index is 0.115. The summed E-state index contributed by atoms with van der Waals surface area (Å²) in [6.07, 6.45) is -1.06. The van der Waals surface area contributed by atoms with Crippen LogP contribution < -0.4 is 14.8 Å². The summed E-state index contributed by atoms with van der Waals surface area (Å²) in [5.41, 5.74) is 1.64. The van der Waals surface area contributed by atoms with Crippen molar-refractivity contribution in [1.82, 2.24) is 0 Å². The Labute approximate surface area is 173 Å². The lowest BCUT2D eigenvalue weighted by atomic mass is 10.1. The van der Waals surface area contributed by atoms with E-state index in [1.54, 1.807) is 37.3 Å². The second-order valence-electron chi connectivity index (χ2n) is 6.30. The average Bonchev–Trinajstić information content (AvgIpc) is 2.69. The molecule has 0 aliphatic heterocycles. The number of nitrogens with one attached hydrogen (secondary N) is 1. The van der Waals surface area contributed by atoms with Crippen molar-refractivity contribution in [2.75, 3.05) is 19.0 Å². The molecular weight excluding hydrogens is 398 g/mol. The van der Waals surface area contributed by atoms with E-state index in [-0.39, 0.29) is 5.78 Å². The van der Waals surface area contributed by atoms with Crippen molar-refractivity contribution < 1.29 is 28.6 Å². The van der Waals surface area contributed by atoms with Gasteiger partial charge in [-0.15, -0.1) is 0 Å². The number of Topliss-reactive ketones (excluding diaryl/α,β-unsaturated/α-hetero) is 1. The fourth-order valence-electron chi connectivity index (χ4n) is 2.40. The molecule has 0 fully saturated rings. The first-order valence-corrected chi connectivity index (χ1v) is 9.17. The van der Waals surface area contributed by atoms with Gasteiger partial charge in [-0.25, -0.2) is 4.79 Å². The molecule has 0 saturated carbocycles. The van der Waals surface area contributed by atoms with Crippen LogP contribution in [0.15, 0.2) is 36.4 Å². The highest BCUT2D eigenvalue weighted by Crippen LogP contribution is 2.31. The maximum absolute atomic E-state index is 12.4. The lowest BCUT2D eigenvalue weighted by molar-refractivity contribution is -0.155. The molecule has 29 heavy (non-hydrogen) atoms. The standard InChI is InChI=1S/C21H22ClNO6/c1-12-8-18(19(27-4)10-17(12)22)23-21(26)14(3)29-20(25)11-28-16-7-5-6-15(9-16)13(2)24/h5-10,14H,11H2,1-4H3,(H,23,26)/t14-/m0/s1. The minimum Gasteiger partial charge on any atom is -0.495 e. The Morgan fingerprint density at radius 1 is 1.17 bits per heavy atom. The third kappa shape index (κ3) is 6.22. The monoisotopic (exact) mass is 419 g/mol. The molecule has 0 aliphatic carbocycles. The summed E-state index contributed by atoms with van der Waals surface area (Å²) in [5, 5.41) is 3.16. The summed E-state index contributed by atoms with van der Waals surface area (Å²) in [4.78, 5) is 35.7. The number of hydrogen-bond donors (Lipinski definition) is 1. The van der Waals surface area contributed by atoms with E-state index in [0.717, 1.165) is 5.56 Å². The number of methoxy groups -OCH3 is 1. The molecule has 0 radical (unpaired) electrons. The summed E-state index contributed by atoms with van der Waals surface area (Å²) < 4.78 is 15.6. The number of rotatable bonds is 8. The topological polar surface area (TPSA) is 90.9 Å². The van der Waals surface area contributed by atoms with E-state index >= 15 is 0 Å². The van der Waals surface area contributed by atoms with E-state index in [1.165, 1.54) is 27.0 Å². The molecule has 0 unspecified atom stereocenters. The van der Waals surface area contributed by atoms with Crippen molar-refractivity contribution in [1.29, 1.82) is 0 Å². The number of amides is 1. The number of carbonyl (C=O) groups excluding carboxylic acids is 3. The number of carbonyl (C=O) groups is 3. The second-order valence-corrected chi connectivity index (χ2v) is 6.70. The zero-order chi connectivity index (χ0) is 21.6. The van der Waals surface area contributed by atoms with Gasteiger partial charge in [0, 0.05) is 16.7 Å². The van der Waals surface area contributed by atoms with Crippen molar-refractivity contribution in [3.63, 3.8) is 0 Å². The Morgan fingerprint density at radius 2 is 1.90 bits per heavy atom. The fraction of sp³-hybridized carbons (Fsp3) is 0.286. The molecule has 2 rings (SSSR count). The highest BCUT2D eigenvalue weighted by atomic mass is 35.5. The van der Waals surface area contributed by atoms with Crippen LogP contribution >= 0.6 is 11.6 Å². The summed E-state index contributed by atoms with van der Waals surface area (Å²) in [6.45, 7) is 4.27. The summed E-state index contributed by atoms with van der Waals surface area (Å²) >= 11 is 6.05. The molecule has 0 spiro atoms. The number of halogens is 1. The number of anilines is 1. The predicted octanol–water partition coefficient (Wildman–Crippen LogP) is 3.81. The van der Waals surface area contributed by atoms with Gasteiger partial charge in [0.1, 0.15) is 11.5 Å².